The second kappa shape index (κ2) is 8.02. The Hall–Kier alpha value is -1.85. The molecule has 0 bridgehead atoms. The van der Waals surface area contributed by atoms with Crippen LogP contribution in [0.3, 0.4) is 0 Å². The summed E-state index contributed by atoms with van der Waals surface area (Å²) < 4.78 is 24.1. The number of amides is 1. The molecule has 0 spiro atoms. The van der Waals surface area contributed by atoms with Crippen molar-refractivity contribution in [1.82, 2.24) is 15.6 Å². The second-order valence-corrected chi connectivity index (χ2v) is 6.13. The lowest BCUT2D eigenvalue weighted by Gasteiger charge is -2.34. The largest absolute Gasteiger partial charge is 0.483 e. The summed E-state index contributed by atoms with van der Waals surface area (Å²) in [5, 5.41) is 8.58. The van der Waals surface area contributed by atoms with Gasteiger partial charge in [-0.25, -0.2) is 4.39 Å². The van der Waals surface area contributed by atoms with Crippen molar-refractivity contribution in [2.24, 2.45) is 17.4 Å². The number of anilines is 1. The minimum absolute atomic E-state index is 0.0474. The van der Waals surface area contributed by atoms with Gasteiger partial charge in [0.15, 0.2) is 0 Å². The smallest absolute Gasteiger partial charge is 0.233 e. The highest BCUT2D eigenvalue weighted by Gasteiger charge is 2.35. The Balaban J connectivity index is 1.68. The molecule has 0 radical (unpaired) electrons. The van der Waals surface area contributed by atoms with E-state index in [1.807, 2.05) is 0 Å². The van der Waals surface area contributed by atoms with E-state index in [4.69, 9.17) is 20.9 Å². The van der Waals surface area contributed by atoms with Gasteiger partial charge in [0.25, 0.3) is 0 Å². The van der Waals surface area contributed by atoms with E-state index in [0.717, 1.165) is 0 Å². The van der Waals surface area contributed by atoms with Gasteiger partial charge in [-0.3, -0.25) is 20.4 Å². The number of nitrogens with one attached hydrogen (secondary N) is 3. The number of pyridine rings is 1. The van der Waals surface area contributed by atoms with Crippen molar-refractivity contribution in [3.63, 3.8) is 0 Å². The van der Waals surface area contributed by atoms with E-state index < -0.39 is 30.3 Å². The summed E-state index contributed by atoms with van der Waals surface area (Å²) >= 11 is 0. The Morgan fingerprint density at radius 3 is 2.72 bits per heavy atom. The zero-order valence-electron chi connectivity index (χ0n) is 13.7. The van der Waals surface area contributed by atoms with Crippen molar-refractivity contribution in [3.8, 4) is 5.75 Å². The number of ether oxygens (including phenoxy) is 2. The Kier molecular flexibility index (Phi) is 5.76. The third kappa shape index (κ3) is 4.41. The fourth-order valence-electron chi connectivity index (χ4n) is 2.71. The molecule has 10 heteroatoms. The molecule has 3 rings (SSSR count). The third-order valence-electron chi connectivity index (χ3n) is 4.14. The first-order valence-electron chi connectivity index (χ1n) is 8.16. The average Bonchev–Trinajstić information content (AvgIpc) is 2.54. The molecule has 1 atom stereocenters. The lowest BCUT2D eigenvalue weighted by Crippen LogP contribution is -2.64. The molecule has 2 fully saturated rings. The van der Waals surface area contributed by atoms with Gasteiger partial charge in [-0.2, -0.15) is 0 Å². The summed E-state index contributed by atoms with van der Waals surface area (Å²) in [6.07, 6.45) is 0.550. The van der Waals surface area contributed by atoms with Gasteiger partial charge in [-0.1, -0.05) is 0 Å². The summed E-state index contributed by atoms with van der Waals surface area (Å²) in [5.74, 6) is -0.706. The molecule has 138 valence electrons. The number of nitrogens with two attached hydrogens (primary N) is 2. The van der Waals surface area contributed by atoms with Crippen LogP contribution in [-0.4, -0.2) is 61.8 Å². The van der Waals surface area contributed by atoms with Crippen LogP contribution >= 0.6 is 0 Å². The van der Waals surface area contributed by atoms with Gasteiger partial charge < -0.3 is 26.3 Å². The van der Waals surface area contributed by atoms with Crippen LogP contribution in [0.4, 0.5) is 10.1 Å². The Morgan fingerprint density at radius 1 is 1.40 bits per heavy atom. The number of hydrogen-bond donors (Lipinski definition) is 5. The first-order chi connectivity index (χ1) is 12.0. The molecule has 3 heterocycles. The summed E-state index contributed by atoms with van der Waals surface area (Å²) in [6.45, 7) is 1.28. The highest BCUT2D eigenvalue weighted by molar-refractivity contribution is 5.94. The Labute approximate surface area is 144 Å². The summed E-state index contributed by atoms with van der Waals surface area (Å²) in [4.78, 5) is 16.7. The number of hydrogen-bond acceptors (Lipinski definition) is 8. The molecule has 1 amide bonds. The number of carbonyl (C=O) groups excluding carboxylic acids is 1. The number of rotatable bonds is 6. The van der Waals surface area contributed by atoms with Gasteiger partial charge in [0.1, 0.15) is 23.7 Å². The molecule has 1 unspecified atom stereocenters. The second-order valence-electron chi connectivity index (χ2n) is 6.13. The van der Waals surface area contributed by atoms with Gasteiger partial charge >= 0.3 is 0 Å². The van der Waals surface area contributed by atoms with E-state index in [1.54, 1.807) is 12.3 Å². The third-order valence-corrected chi connectivity index (χ3v) is 4.14. The van der Waals surface area contributed by atoms with Gasteiger partial charge in [0, 0.05) is 25.4 Å². The Bertz CT molecular complexity index is 592. The van der Waals surface area contributed by atoms with Crippen LogP contribution in [0.5, 0.6) is 5.75 Å². The molecule has 0 aliphatic carbocycles. The van der Waals surface area contributed by atoms with E-state index in [-0.39, 0.29) is 19.2 Å². The van der Waals surface area contributed by atoms with Crippen LogP contribution < -0.4 is 32.2 Å². The minimum Gasteiger partial charge on any atom is -0.483 e. The summed E-state index contributed by atoms with van der Waals surface area (Å²) in [7, 11) is 0. The van der Waals surface area contributed by atoms with E-state index in [2.05, 4.69) is 20.9 Å². The zero-order chi connectivity index (χ0) is 17.8. The maximum Gasteiger partial charge on any atom is 0.233 e. The van der Waals surface area contributed by atoms with Crippen LogP contribution in [0.25, 0.3) is 0 Å². The van der Waals surface area contributed by atoms with E-state index in [9.17, 15) is 9.18 Å². The molecule has 1 aromatic heterocycles. The van der Waals surface area contributed by atoms with Crippen LogP contribution in [0.1, 0.15) is 0 Å². The highest BCUT2D eigenvalue weighted by atomic mass is 19.1. The SMILES string of the molecule is NC(N)C(C(=O)Nc1cnccc1OC1COC1)C1NCC(F)CN1. The van der Waals surface area contributed by atoms with Gasteiger partial charge in [0.05, 0.1) is 37.7 Å². The lowest BCUT2D eigenvalue weighted by atomic mass is 9.99. The van der Waals surface area contributed by atoms with E-state index >= 15 is 0 Å². The van der Waals surface area contributed by atoms with E-state index in [1.165, 1.54) is 6.20 Å². The normalized spacial score (nSPS) is 25.3. The molecule has 2 aliphatic heterocycles. The van der Waals surface area contributed by atoms with Gasteiger partial charge in [0.2, 0.25) is 5.91 Å². The van der Waals surface area contributed by atoms with Gasteiger partial charge in [-0.15, -0.1) is 0 Å². The summed E-state index contributed by atoms with van der Waals surface area (Å²) in [6, 6.07) is 1.66. The molecular formula is C15H23FN6O3. The van der Waals surface area contributed by atoms with Crippen molar-refractivity contribution in [2.75, 3.05) is 31.6 Å². The van der Waals surface area contributed by atoms with Crippen molar-refractivity contribution >= 4 is 11.6 Å². The quantitative estimate of drug-likeness (QED) is 0.390. The predicted molar refractivity (Wildman–Crippen MR) is 88.4 cm³/mol. The number of nitrogens with zero attached hydrogens (tertiary/aromatic N) is 1. The molecule has 7 N–H and O–H groups in total. The number of aromatic nitrogens is 1. The Morgan fingerprint density at radius 2 is 2.12 bits per heavy atom. The molecule has 2 saturated heterocycles. The number of alkyl halides is 1. The highest BCUT2D eigenvalue weighted by Crippen LogP contribution is 2.26. The first kappa shape index (κ1) is 18.0. The van der Waals surface area contributed by atoms with Crippen LogP contribution in [0.15, 0.2) is 18.5 Å². The molecular weight excluding hydrogens is 331 g/mol. The minimum atomic E-state index is -1.02. The molecule has 1 aromatic rings. The topological polar surface area (TPSA) is 137 Å². The number of halogens is 1. The predicted octanol–water partition coefficient (Wildman–Crippen LogP) is -1.49. The standard InChI is InChI=1S/C15H23FN6O3/c16-8-3-20-14(21-4-8)12(13(17)18)15(23)22-10-5-19-2-1-11(10)25-9-6-24-7-9/h1-2,5,8-9,12-14,20-21H,3-4,6-7,17-18H2,(H,22,23). The molecule has 2 aliphatic rings. The van der Waals surface area contributed by atoms with Crippen LogP contribution in [0.2, 0.25) is 0 Å². The lowest BCUT2D eigenvalue weighted by molar-refractivity contribution is -0.122. The first-order valence-corrected chi connectivity index (χ1v) is 8.16. The van der Waals surface area contributed by atoms with Crippen LogP contribution in [0, 0.1) is 5.92 Å². The van der Waals surface area contributed by atoms with Gasteiger partial charge in [-0.05, 0) is 0 Å². The maximum atomic E-state index is 13.3. The average molecular weight is 354 g/mol. The molecule has 0 saturated carbocycles. The molecule has 9 nitrogen and oxygen atoms in total. The molecule has 25 heavy (non-hydrogen) atoms. The van der Waals surface area contributed by atoms with Crippen molar-refractivity contribution in [2.45, 2.75) is 24.6 Å². The maximum absolute atomic E-state index is 13.3. The fraction of sp³-hybridized carbons (Fsp3) is 0.600. The zero-order valence-corrected chi connectivity index (χ0v) is 13.7. The van der Waals surface area contributed by atoms with Crippen molar-refractivity contribution in [3.05, 3.63) is 18.5 Å². The monoisotopic (exact) mass is 354 g/mol. The van der Waals surface area contributed by atoms with Crippen molar-refractivity contribution < 1.29 is 18.7 Å². The van der Waals surface area contributed by atoms with Crippen LogP contribution in [-0.2, 0) is 9.53 Å². The van der Waals surface area contributed by atoms with Crippen molar-refractivity contribution in [1.29, 1.82) is 0 Å². The van der Waals surface area contributed by atoms with E-state index in [0.29, 0.717) is 24.7 Å². The summed E-state index contributed by atoms with van der Waals surface area (Å²) in [5.41, 5.74) is 12.0. The molecule has 0 aromatic carbocycles. The number of carbonyl (C=O) groups is 1. The fourth-order valence-corrected chi connectivity index (χ4v) is 2.71.